The number of piperazine rings is 1. The van der Waals surface area contributed by atoms with Gasteiger partial charge in [-0.1, -0.05) is 43.7 Å². The number of carbonyl (C=O) groups excluding carboxylic acids is 1. The van der Waals surface area contributed by atoms with Crippen molar-refractivity contribution in [3.63, 3.8) is 0 Å². The Morgan fingerprint density at radius 3 is 2.56 bits per heavy atom. The van der Waals surface area contributed by atoms with Gasteiger partial charge in [0.2, 0.25) is 10.0 Å². The molecule has 1 amide bonds. The van der Waals surface area contributed by atoms with Gasteiger partial charge in [0.1, 0.15) is 11.4 Å². The lowest BCUT2D eigenvalue weighted by atomic mass is 9.63. The average Bonchev–Trinajstić information content (AvgIpc) is 3.26. The zero-order valence-corrected chi connectivity index (χ0v) is 33.0. The molecule has 1 saturated heterocycles. The molecule has 5 aliphatic rings. The van der Waals surface area contributed by atoms with Crippen LogP contribution >= 0.6 is 11.6 Å². The summed E-state index contributed by atoms with van der Waals surface area (Å²) in [6, 6.07) is 11.7. The molecule has 11 heteroatoms. The van der Waals surface area contributed by atoms with E-state index in [9.17, 15) is 13.2 Å². The first kappa shape index (κ1) is 37.7. The summed E-state index contributed by atoms with van der Waals surface area (Å²) in [5.74, 6) is 0.540. The number of carbonyl (C=O) groups is 1. The van der Waals surface area contributed by atoms with Crippen LogP contribution in [0.4, 0.5) is 5.69 Å². The average molecular weight is 753 g/mol. The molecule has 2 aromatic carbocycles. The first-order valence-corrected chi connectivity index (χ1v) is 21.5. The number of fused-ring (bicyclic) bond motifs is 4. The molecule has 6 atom stereocenters. The van der Waals surface area contributed by atoms with Gasteiger partial charge in [0.15, 0.2) is 0 Å². The smallest absolute Gasteiger partial charge is 0.264 e. The number of sulfonamides is 1. The lowest BCUT2D eigenvalue weighted by molar-refractivity contribution is -0.112. The molecule has 52 heavy (non-hydrogen) atoms. The van der Waals surface area contributed by atoms with E-state index < -0.39 is 26.8 Å². The van der Waals surface area contributed by atoms with Gasteiger partial charge in [-0.25, -0.2) is 13.1 Å². The van der Waals surface area contributed by atoms with E-state index in [1.54, 1.807) is 13.0 Å². The molecule has 2 fully saturated rings. The highest BCUT2D eigenvalue weighted by molar-refractivity contribution is 7.90. The van der Waals surface area contributed by atoms with Crippen molar-refractivity contribution in [3.8, 4) is 5.75 Å². The number of benzene rings is 2. The highest BCUT2D eigenvalue weighted by atomic mass is 35.5. The predicted molar refractivity (Wildman–Crippen MR) is 208 cm³/mol. The lowest BCUT2D eigenvalue weighted by Crippen LogP contribution is -2.59. The third-order valence-corrected chi connectivity index (χ3v) is 15.2. The number of amides is 1. The topological polar surface area (TPSA) is 91.4 Å². The fraction of sp³-hybridized carbons (Fsp3) is 0.634. The lowest BCUT2D eigenvalue weighted by Gasteiger charge is -2.52. The van der Waals surface area contributed by atoms with Crippen molar-refractivity contribution in [2.45, 2.75) is 82.5 Å². The molecule has 2 aliphatic carbocycles. The molecule has 3 aliphatic heterocycles. The van der Waals surface area contributed by atoms with E-state index in [1.807, 2.05) is 25.1 Å². The molecule has 2 aromatic rings. The third-order valence-electron chi connectivity index (χ3n) is 13.0. The number of hydrogen-bond donors (Lipinski definition) is 1. The number of allylic oxidation sites excluding steroid dienone is 1. The zero-order chi connectivity index (χ0) is 36.7. The van der Waals surface area contributed by atoms with E-state index in [2.05, 4.69) is 57.6 Å². The molecule has 3 heterocycles. The van der Waals surface area contributed by atoms with Gasteiger partial charge in [0.25, 0.3) is 5.91 Å². The molecule has 0 aromatic heterocycles. The number of hydrogen-bond acceptors (Lipinski definition) is 8. The van der Waals surface area contributed by atoms with Gasteiger partial charge >= 0.3 is 0 Å². The summed E-state index contributed by atoms with van der Waals surface area (Å²) < 4.78 is 43.3. The van der Waals surface area contributed by atoms with Crippen LogP contribution in [-0.2, 0) is 26.6 Å². The number of nitrogens with zero attached hydrogens (tertiary/aromatic N) is 3. The maximum Gasteiger partial charge on any atom is 0.264 e. The molecule has 1 spiro atoms. The Morgan fingerprint density at radius 1 is 1.04 bits per heavy atom. The van der Waals surface area contributed by atoms with Crippen LogP contribution in [0.5, 0.6) is 5.75 Å². The molecule has 0 unspecified atom stereocenters. The minimum atomic E-state index is -3.95. The van der Waals surface area contributed by atoms with Crippen molar-refractivity contribution in [2.24, 2.45) is 17.8 Å². The van der Waals surface area contributed by atoms with Crippen molar-refractivity contribution in [3.05, 3.63) is 70.3 Å². The monoisotopic (exact) mass is 752 g/mol. The van der Waals surface area contributed by atoms with Crippen LogP contribution in [0.2, 0.25) is 5.02 Å². The minimum Gasteiger partial charge on any atom is -0.490 e. The van der Waals surface area contributed by atoms with E-state index in [0.29, 0.717) is 31.1 Å². The van der Waals surface area contributed by atoms with Crippen LogP contribution in [0.25, 0.3) is 0 Å². The van der Waals surface area contributed by atoms with Gasteiger partial charge in [0, 0.05) is 68.4 Å². The Morgan fingerprint density at radius 2 is 1.83 bits per heavy atom. The summed E-state index contributed by atoms with van der Waals surface area (Å²) >= 11 is 6.51. The largest absolute Gasteiger partial charge is 0.490 e. The summed E-state index contributed by atoms with van der Waals surface area (Å²) in [4.78, 5) is 21.2. The molecule has 0 radical (unpaired) electrons. The van der Waals surface area contributed by atoms with E-state index in [4.69, 9.17) is 21.1 Å². The number of nitrogens with one attached hydrogen (secondary N) is 1. The van der Waals surface area contributed by atoms with Crippen molar-refractivity contribution in [1.82, 2.24) is 14.5 Å². The fourth-order valence-corrected chi connectivity index (χ4v) is 11.1. The molecule has 7 rings (SSSR count). The summed E-state index contributed by atoms with van der Waals surface area (Å²) in [6.07, 6.45) is 10.2. The van der Waals surface area contributed by atoms with Crippen LogP contribution in [0.15, 0.2) is 48.6 Å². The standard InChI is InChI=1S/C41H57ClN4O5S/c1-5-44-19-21-45(22-20-44)27-41(51-6-2)18-7-9-29(3)30(4)52(48,49)43-39(47)32-12-16-38-37(24-32)46(25-33-11-14-36(33)41)26-40(28-50-38)17-8-10-31-23-34(42)13-15-35(31)40/h7,12-13,15-16,18,23-24,29-30,33,36H,5-6,8-11,14,17,19-22,25-28H2,1-4H3,(H,43,47)/b18-7+/t29-,30+,33-,36+,40-,41-/m0/s1. The Kier molecular flexibility index (Phi) is 11.0. The van der Waals surface area contributed by atoms with Crippen molar-refractivity contribution >= 4 is 33.2 Å². The number of rotatable bonds is 5. The number of anilines is 1. The first-order valence-electron chi connectivity index (χ1n) is 19.6. The Bertz CT molecular complexity index is 1760. The zero-order valence-electron chi connectivity index (χ0n) is 31.4. The number of likely N-dealkylation sites (N-methyl/N-ethyl adjacent to an activating group) is 1. The molecule has 2 bridgehead atoms. The van der Waals surface area contributed by atoms with Gasteiger partial charge in [-0.3, -0.25) is 9.69 Å². The highest BCUT2D eigenvalue weighted by Gasteiger charge is 2.50. The van der Waals surface area contributed by atoms with Gasteiger partial charge < -0.3 is 19.3 Å². The normalized spacial score (nSPS) is 33.2. The predicted octanol–water partition coefficient (Wildman–Crippen LogP) is 6.30. The quantitative estimate of drug-likeness (QED) is 0.357. The minimum absolute atomic E-state index is 0.209. The van der Waals surface area contributed by atoms with Crippen LogP contribution in [0.3, 0.4) is 0 Å². The number of halogens is 1. The molecule has 1 saturated carbocycles. The molecule has 284 valence electrons. The van der Waals surface area contributed by atoms with Crippen molar-refractivity contribution in [2.75, 3.05) is 70.5 Å². The third kappa shape index (κ3) is 7.39. The number of ether oxygens (including phenoxy) is 2. The van der Waals surface area contributed by atoms with E-state index in [0.717, 1.165) is 101 Å². The molecular weight excluding hydrogens is 696 g/mol. The Hall–Kier alpha value is -2.63. The second-order valence-electron chi connectivity index (χ2n) is 16.1. The number of aryl methyl sites for hydroxylation is 1. The van der Waals surface area contributed by atoms with Crippen LogP contribution in [0.1, 0.15) is 81.3 Å². The molecule has 1 N–H and O–H groups in total. The Balaban J connectivity index is 1.31. The van der Waals surface area contributed by atoms with Gasteiger partial charge in [-0.15, -0.1) is 0 Å². The summed E-state index contributed by atoms with van der Waals surface area (Å²) in [7, 11) is -3.95. The van der Waals surface area contributed by atoms with E-state index >= 15 is 0 Å². The van der Waals surface area contributed by atoms with Crippen LogP contribution in [0, 0.1) is 17.8 Å². The van der Waals surface area contributed by atoms with Crippen molar-refractivity contribution < 1.29 is 22.7 Å². The highest BCUT2D eigenvalue weighted by Crippen LogP contribution is 2.49. The van der Waals surface area contributed by atoms with E-state index in [-0.39, 0.29) is 17.3 Å². The van der Waals surface area contributed by atoms with Gasteiger partial charge in [-0.05, 0) is 118 Å². The maximum absolute atomic E-state index is 13.7. The Labute approximate surface area is 316 Å². The maximum atomic E-state index is 13.7. The molecular formula is C41H57ClN4O5S. The van der Waals surface area contributed by atoms with Crippen molar-refractivity contribution in [1.29, 1.82) is 0 Å². The van der Waals surface area contributed by atoms with Gasteiger partial charge in [0.05, 0.1) is 17.5 Å². The van der Waals surface area contributed by atoms with Crippen LogP contribution in [-0.4, -0.2) is 101 Å². The second kappa shape index (κ2) is 15.2. The summed E-state index contributed by atoms with van der Waals surface area (Å²) in [5.41, 5.74) is 2.97. The second-order valence-corrected chi connectivity index (χ2v) is 18.6. The molecule has 9 nitrogen and oxygen atoms in total. The van der Waals surface area contributed by atoms with E-state index in [1.165, 1.54) is 11.1 Å². The summed E-state index contributed by atoms with van der Waals surface area (Å²) in [5, 5.41) is -0.0174. The fourth-order valence-electron chi connectivity index (χ4n) is 9.61. The summed E-state index contributed by atoms with van der Waals surface area (Å²) in [6.45, 7) is 16.6. The SMILES string of the molecule is CCO[C@]1(CN2CCN(CC)CC2)/C=C/C[C@H](C)[C@@H](C)S(=O)(=O)NC(=O)c2ccc3c(c2)N(C[C@@H]2CC[C@H]21)C[C@@]1(CCCc2cc(Cl)ccc21)CO3. The van der Waals surface area contributed by atoms with Gasteiger partial charge in [-0.2, -0.15) is 0 Å². The first-order chi connectivity index (χ1) is 25.0. The van der Waals surface area contributed by atoms with Crippen LogP contribution < -0.4 is 14.4 Å².